The Kier molecular flexibility index (Phi) is 5.83. The van der Waals surface area contributed by atoms with Gasteiger partial charge in [0.25, 0.3) is 0 Å². The smallest absolute Gasteiger partial charge is 0.188 e. The van der Waals surface area contributed by atoms with Crippen molar-refractivity contribution in [2.24, 2.45) is 10.7 Å². The molecule has 3 N–H and O–H groups in total. The van der Waals surface area contributed by atoms with E-state index in [1.54, 1.807) is 13.3 Å². The zero-order valence-electron chi connectivity index (χ0n) is 6.96. The molecule has 0 aliphatic heterocycles. The molecule has 66 valence electrons. The molecule has 0 saturated heterocycles. The number of aliphatic imine (C=N–C) groups is 1. The van der Waals surface area contributed by atoms with E-state index >= 15 is 0 Å². The van der Waals surface area contributed by atoms with Crippen LogP contribution < -0.4 is 11.1 Å². The zero-order valence-corrected chi connectivity index (χ0v) is 7.78. The molecule has 0 aromatic carbocycles. The highest BCUT2D eigenvalue weighted by Crippen LogP contribution is 1.80. The van der Waals surface area contributed by atoms with Gasteiger partial charge in [-0.15, -0.1) is 0 Å². The standard InChI is InChI=1S/C6H15N3OS/c1-8-6(7)9-4-3-5-11(2)10/h3-5H2,1-2H3,(H3,7,8,9). The third-order valence-electron chi connectivity index (χ3n) is 1.16. The maximum atomic E-state index is 10.6. The number of rotatable bonds is 4. The van der Waals surface area contributed by atoms with E-state index in [0.29, 0.717) is 11.7 Å². The van der Waals surface area contributed by atoms with Gasteiger partial charge in [-0.3, -0.25) is 9.20 Å². The summed E-state index contributed by atoms with van der Waals surface area (Å²) in [5.41, 5.74) is 5.35. The summed E-state index contributed by atoms with van der Waals surface area (Å²) in [6, 6.07) is 0. The summed E-state index contributed by atoms with van der Waals surface area (Å²) >= 11 is 0. The molecule has 0 heterocycles. The number of nitrogens with zero attached hydrogens (tertiary/aromatic N) is 1. The second-order valence-electron chi connectivity index (χ2n) is 2.17. The molecule has 0 aliphatic carbocycles. The lowest BCUT2D eigenvalue weighted by Gasteiger charge is -2.02. The van der Waals surface area contributed by atoms with Crippen LogP contribution in [0.1, 0.15) is 6.42 Å². The van der Waals surface area contributed by atoms with Crippen molar-refractivity contribution in [2.75, 3.05) is 25.6 Å². The Labute approximate surface area is 69.7 Å². The Balaban J connectivity index is 3.21. The largest absolute Gasteiger partial charge is 0.370 e. The molecule has 0 radical (unpaired) electrons. The molecular formula is C6H15N3OS. The highest BCUT2D eigenvalue weighted by Gasteiger charge is 1.91. The van der Waals surface area contributed by atoms with Gasteiger partial charge in [-0.05, 0) is 6.42 Å². The van der Waals surface area contributed by atoms with E-state index < -0.39 is 10.8 Å². The SMILES string of the molecule is CN=C(N)NCCCS(C)=O. The van der Waals surface area contributed by atoms with Crippen LogP contribution in [-0.4, -0.2) is 35.8 Å². The molecule has 0 aromatic heterocycles. The highest BCUT2D eigenvalue weighted by molar-refractivity contribution is 7.84. The lowest BCUT2D eigenvalue weighted by Crippen LogP contribution is -2.32. The van der Waals surface area contributed by atoms with Crippen molar-refractivity contribution in [3.05, 3.63) is 0 Å². The van der Waals surface area contributed by atoms with Gasteiger partial charge in [0.1, 0.15) is 0 Å². The van der Waals surface area contributed by atoms with Gasteiger partial charge in [-0.2, -0.15) is 0 Å². The van der Waals surface area contributed by atoms with Crippen molar-refractivity contribution in [1.82, 2.24) is 5.32 Å². The second-order valence-corrected chi connectivity index (χ2v) is 3.72. The van der Waals surface area contributed by atoms with E-state index in [0.717, 1.165) is 13.0 Å². The van der Waals surface area contributed by atoms with Gasteiger partial charge in [0, 0.05) is 36.4 Å². The molecule has 5 heteroatoms. The monoisotopic (exact) mass is 177 g/mol. The van der Waals surface area contributed by atoms with Crippen LogP contribution in [0.25, 0.3) is 0 Å². The van der Waals surface area contributed by atoms with Crippen LogP contribution in [0.3, 0.4) is 0 Å². The van der Waals surface area contributed by atoms with Crippen molar-refractivity contribution in [3.63, 3.8) is 0 Å². The van der Waals surface area contributed by atoms with E-state index in [9.17, 15) is 4.21 Å². The van der Waals surface area contributed by atoms with Gasteiger partial charge in [0.2, 0.25) is 0 Å². The molecule has 1 atom stereocenters. The van der Waals surface area contributed by atoms with Gasteiger partial charge in [-0.1, -0.05) is 0 Å². The maximum absolute atomic E-state index is 10.6. The summed E-state index contributed by atoms with van der Waals surface area (Å²) < 4.78 is 10.6. The summed E-state index contributed by atoms with van der Waals surface area (Å²) in [7, 11) is 0.922. The minimum Gasteiger partial charge on any atom is -0.370 e. The number of nitrogens with one attached hydrogen (secondary N) is 1. The Morgan fingerprint density at radius 2 is 2.36 bits per heavy atom. The number of nitrogens with two attached hydrogens (primary N) is 1. The summed E-state index contributed by atoms with van der Waals surface area (Å²) in [5, 5.41) is 2.88. The van der Waals surface area contributed by atoms with Gasteiger partial charge >= 0.3 is 0 Å². The van der Waals surface area contributed by atoms with Crippen LogP contribution in [0.2, 0.25) is 0 Å². The van der Waals surface area contributed by atoms with Gasteiger partial charge in [0.15, 0.2) is 5.96 Å². The molecule has 0 bridgehead atoms. The van der Waals surface area contributed by atoms with Crippen LogP contribution in [-0.2, 0) is 10.8 Å². The maximum Gasteiger partial charge on any atom is 0.188 e. The van der Waals surface area contributed by atoms with Crippen molar-refractivity contribution >= 4 is 16.8 Å². The van der Waals surface area contributed by atoms with E-state index in [1.807, 2.05) is 0 Å². The Hall–Kier alpha value is -0.580. The number of guanidine groups is 1. The minimum absolute atomic E-state index is 0.437. The van der Waals surface area contributed by atoms with Crippen LogP contribution in [0.15, 0.2) is 4.99 Å². The predicted molar refractivity (Wildman–Crippen MR) is 49.1 cm³/mol. The minimum atomic E-state index is -0.703. The summed E-state index contributed by atoms with van der Waals surface area (Å²) in [6.45, 7) is 0.739. The third-order valence-corrected chi connectivity index (χ3v) is 2.02. The molecule has 0 fully saturated rings. The fourth-order valence-electron chi connectivity index (χ4n) is 0.571. The predicted octanol–water partition coefficient (Wildman–Crippen LogP) is -0.711. The van der Waals surface area contributed by atoms with Crippen LogP contribution >= 0.6 is 0 Å². The molecule has 0 saturated carbocycles. The molecule has 0 aromatic rings. The normalized spacial score (nSPS) is 14.5. The summed E-state index contributed by atoms with van der Waals surface area (Å²) in [4.78, 5) is 3.71. The summed E-state index contributed by atoms with van der Waals surface area (Å²) in [6.07, 6.45) is 2.55. The Morgan fingerprint density at radius 3 is 2.82 bits per heavy atom. The Bertz CT molecular complexity index is 158. The topological polar surface area (TPSA) is 67.5 Å². The fraction of sp³-hybridized carbons (Fsp3) is 0.833. The third kappa shape index (κ3) is 7.32. The fourth-order valence-corrected chi connectivity index (χ4v) is 1.12. The van der Waals surface area contributed by atoms with E-state index in [-0.39, 0.29) is 0 Å². The molecule has 0 rings (SSSR count). The first-order chi connectivity index (χ1) is 5.16. The van der Waals surface area contributed by atoms with E-state index in [1.165, 1.54) is 0 Å². The van der Waals surface area contributed by atoms with Gasteiger partial charge < -0.3 is 11.1 Å². The summed E-state index contributed by atoms with van der Waals surface area (Å²) in [5.74, 6) is 1.15. The van der Waals surface area contributed by atoms with Gasteiger partial charge in [-0.25, -0.2) is 0 Å². The molecule has 4 nitrogen and oxygen atoms in total. The molecule has 1 unspecified atom stereocenters. The van der Waals surface area contributed by atoms with Crippen molar-refractivity contribution < 1.29 is 4.21 Å². The van der Waals surface area contributed by atoms with Crippen molar-refractivity contribution in [1.29, 1.82) is 0 Å². The lowest BCUT2D eigenvalue weighted by molar-refractivity contribution is 0.683. The molecule has 0 aliphatic rings. The Morgan fingerprint density at radius 1 is 1.73 bits per heavy atom. The first-order valence-corrected chi connectivity index (χ1v) is 5.15. The van der Waals surface area contributed by atoms with Crippen LogP contribution in [0.5, 0.6) is 0 Å². The molecule has 11 heavy (non-hydrogen) atoms. The van der Waals surface area contributed by atoms with E-state index in [4.69, 9.17) is 5.73 Å². The first kappa shape index (κ1) is 10.4. The molecule has 0 spiro atoms. The van der Waals surface area contributed by atoms with Gasteiger partial charge in [0.05, 0.1) is 0 Å². The number of hydrogen-bond acceptors (Lipinski definition) is 2. The average molecular weight is 177 g/mol. The van der Waals surface area contributed by atoms with E-state index in [2.05, 4.69) is 10.3 Å². The number of hydrogen-bond donors (Lipinski definition) is 2. The lowest BCUT2D eigenvalue weighted by atomic mass is 10.5. The van der Waals surface area contributed by atoms with Crippen molar-refractivity contribution in [3.8, 4) is 0 Å². The average Bonchev–Trinajstić information content (AvgIpc) is 1.97. The highest BCUT2D eigenvalue weighted by atomic mass is 32.2. The molecule has 0 amide bonds. The first-order valence-electron chi connectivity index (χ1n) is 3.43. The van der Waals surface area contributed by atoms with Crippen LogP contribution in [0.4, 0.5) is 0 Å². The molecular weight excluding hydrogens is 162 g/mol. The van der Waals surface area contributed by atoms with Crippen LogP contribution in [0, 0.1) is 0 Å². The zero-order chi connectivity index (χ0) is 8.69. The quantitative estimate of drug-likeness (QED) is 0.338. The van der Waals surface area contributed by atoms with Crippen molar-refractivity contribution in [2.45, 2.75) is 6.42 Å². The second kappa shape index (κ2) is 6.15.